The van der Waals surface area contributed by atoms with Gasteiger partial charge in [0.15, 0.2) is 28.5 Å². The summed E-state index contributed by atoms with van der Waals surface area (Å²) >= 11 is 1.59. The number of rotatable bonds is 3. The van der Waals surface area contributed by atoms with E-state index in [1.54, 1.807) is 18.9 Å². The average Bonchev–Trinajstić information content (AvgIpc) is 3.76. The molecular formula is C42H46N4O9S. The van der Waals surface area contributed by atoms with Crippen LogP contribution in [-0.2, 0) is 32.7 Å². The molecule has 0 saturated carbocycles. The van der Waals surface area contributed by atoms with E-state index < -0.39 is 34.3 Å². The minimum absolute atomic E-state index is 0.00321. The van der Waals surface area contributed by atoms with Gasteiger partial charge in [0.1, 0.15) is 23.7 Å². The Morgan fingerprint density at radius 1 is 1.12 bits per heavy atom. The second kappa shape index (κ2) is 12.5. The van der Waals surface area contributed by atoms with Crippen LogP contribution in [0.5, 0.6) is 28.7 Å². The topological polar surface area (TPSA) is 158 Å². The molecule has 2 fully saturated rings. The fourth-order valence-electron chi connectivity index (χ4n) is 11.1. The molecule has 0 radical (unpaired) electrons. The van der Waals surface area contributed by atoms with Gasteiger partial charge in [-0.05, 0) is 57.9 Å². The van der Waals surface area contributed by atoms with Crippen molar-refractivity contribution >= 4 is 34.7 Å². The van der Waals surface area contributed by atoms with Gasteiger partial charge in [0, 0.05) is 76.6 Å². The van der Waals surface area contributed by atoms with Crippen LogP contribution < -0.4 is 30.0 Å². The zero-order valence-corrected chi connectivity index (χ0v) is 33.1. The van der Waals surface area contributed by atoms with Crippen molar-refractivity contribution in [3.05, 3.63) is 75.0 Å². The van der Waals surface area contributed by atoms with Crippen molar-refractivity contribution in [2.45, 2.75) is 81.0 Å². The number of benzene rings is 3. The van der Waals surface area contributed by atoms with Crippen molar-refractivity contribution in [1.29, 1.82) is 0 Å². The Hall–Kier alpha value is -4.47. The summed E-state index contributed by atoms with van der Waals surface area (Å²) < 4.78 is 37.7. The standard InChI is InChI=1S/C42H46N4O9S/c1-19-11-22-13-41(4)16-45(5)31(28(22)33(48)34(19)50-6)32-38-30-29(37-36(52-18-53-37)20(2)35(30)54-21(3)47)26(46(32)41)15-51-40(49)42(17-56-38)39-25(12-23(14-43)44-42)24-9-7-8-10-27(24)55-39/h7-11,23,26,31-32,38,44,48H,12-18,43H2,1-6H3/t23-,26-,31?,32+,38+,41?,42+/m0/s1. The minimum atomic E-state index is -1.39. The number of para-hydroxylation sites is 1. The molecule has 9 heterocycles. The smallest absolute Gasteiger partial charge is 0.335 e. The maximum atomic E-state index is 15.1. The molecule has 294 valence electrons. The average molecular weight is 783 g/mol. The number of nitrogens with zero attached hydrogens (tertiary/aromatic N) is 2. The molecule has 0 amide bonds. The summed E-state index contributed by atoms with van der Waals surface area (Å²) in [6.07, 6.45) is 1.21. The van der Waals surface area contributed by atoms with E-state index in [4.69, 9.17) is 33.8 Å². The number of nitrogens with one attached hydrogen (secondary N) is 1. The quantitative estimate of drug-likeness (QED) is 0.192. The monoisotopic (exact) mass is 782 g/mol. The summed E-state index contributed by atoms with van der Waals surface area (Å²) in [5.74, 6) is 1.90. The van der Waals surface area contributed by atoms with Crippen molar-refractivity contribution < 1.29 is 42.8 Å². The lowest BCUT2D eigenvalue weighted by molar-refractivity contribution is -0.160. The Morgan fingerprint density at radius 2 is 1.91 bits per heavy atom. The van der Waals surface area contributed by atoms with Gasteiger partial charge < -0.3 is 38.9 Å². The third-order valence-electron chi connectivity index (χ3n) is 13.0. The van der Waals surface area contributed by atoms with Crippen molar-refractivity contribution in [1.82, 2.24) is 15.1 Å². The lowest BCUT2D eigenvalue weighted by Crippen LogP contribution is -2.69. The Balaban J connectivity index is 1.26. The van der Waals surface area contributed by atoms with Crippen LogP contribution in [0.4, 0.5) is 0 Å². The third-order valence-corrected chi connectivity index (χ3v) is 14.5. The highest BCUT2D eigenvalue weighted by molar-refractivity contribution is 7.99. The molecule has 1 aromatic heterocycles. The molecule has 3 unspecified atom stereocenters. The van der Waals surface area contributed by atoms with Crippen LogP contribution in [-0.4, -0.2) is 90.9 Å². The Labute approximate surface area is 328 Å². The number of hydrogen-bond donors (Lipinski definition) is 3. The van der Waals surface area contributed by atoms with E-state index in [2.05, 4.69) is 35.2 Å². The number of carbonyl (C=O) groups is 2. The Kier molecular flexibility index (Phi) is 8.02. The predicted octanol–water partition coefficient (Wildman–Crippen LogP) is 4.84. The predicted molar refractivity (Wildman–Crippen MR) is 208 cm³/mol. The van der Waals surface area contributed by atoms with Gasteiger partial charge in [-0.1, -0.05) is 24.3 Å². The van der Waals surface area contributed by atoms with Crippen molar-refractivity contribution in [2.24, 2.45) is 5.73 Å². The fourth-order valence-corrected chi connectivity index (χ4v) is 12.7. The van der Waals surface area contributed by atoms with E-state index in [0.717, 1.165) is 38.8 Å². The Morgan fingerprint density at radius 3 is 2.68 bits per heavy atom. The van der Waals surface area contributed by atoms with Gasteiger partial charge in [-0.25, -0.2) is 4.79 Å². The van der Waals surface area contributed by atoms with Crippen LogP contribution in [0, 0.1) is 13.8 Å². The lowest BCUT2D eigenvalue weighted by atomic mass is 9.76. The Bertz CT molecular complexity index is 2360. The van der Waals surface area contributed by atoms with Crippen molar-refractivity contribution in [3.8, 4) is 28.7 Å². The number of thioether (sulfide) groups is 1. The zero-order valence-electron chi connectivity index (χ0n) is 32.3. The number of carbonyl (C=O) groups excluding carboxylic acids is 2. The minimum Gasteiger partial charge on any atom is -0.504 e. The highest BCUT2D eigenvalue weighted by Gasteiger charge is 2.63. The van der Waals surface area contributed by atoms with Crippen LogP contribution >= 0.6 is 11.8 Å². The van der Waals surface area contributed by atoms with Crippen LogP contribution in [0.2, 0.25) is 0 Å². The molecule has 2 saturated heterocycles. The first-order chi connectivity index (χ1) is 26.9. The summed E-state index contributed by atoms with van der Waals surface area (Å²) in [7, 11) is 3.69. The van der Waals surface area contributed by atoms with Gasteiger partial charge >= 0.3 is 11.9 Å². The first kappa shape index (κ1) is 35.9. The first-order valence-corrected chi connectivity index (χ1v) is 20.3. The van der Waals surface area contributed by atoms with E-state index in [0.29, 0.717) is 65.8 Å². The molecular weight excluding hydrogens is 737 g/mol. The van der Waals surface area contributed by atoms with Gasteiger partial charge in [-0.15, -0.1) is 11.8 Å². The summed E-state index contributed by atoms with van der Waals surface area (Å²) in [5, 5.41) is 16.3. The third kappa shape index (κ3) is 4.76. The lowest BCUT2D eigenvalue weighted by Gasteiger charge is -2.61. The normalized spacial score (nSPS) is 31.3. The summed E-state index contributed by atoms with van der Waals surface area (Å²) in [6.45, 7) is 8.42. The van der Waals surface area contributed by atoms with E-state index in [-0.39, 0.29) is 43.0 Å². The molecule has 12 rings (SSSR count). The number of fused-ring (bicyclic) bond motifs is 8. The number of aryl methyl sites for hydroxylation is 1. The maximum absolute atomic E-state index is 15.1. The molecule has 4 N–H and O–H groups in total. The van der Waals surface area contributed by atoms with Gasteiger partial charge in [0.05, 0.1) is 24.4 Å². The number of methoxy groups -OCH3 is 1. The molecule has 8 aliphatic rings. The number of hydrogen-bond acceptors (Lipinski definition) is 14. The van der Waals surface area contributed by atoms with Gasteiger partial charge in [-0.3, -0.25) is 19.9 Å². The number of furan rings is 1. The molecule has 14 heteroatoms. The first-order valence-electron chi connectivity index (χ1n) is 19.2. The van der Waals surface area contributed by atoms with Crippen LogP contribution in [0.15, 0.2) is 34.7 Å². The molecule has 13 nitrogen and oxygen atoms in total. The molecule has 0 aliphatic carbocycles. The maximum Gasteiger partial charge on any atom is 0.335 e. The van der Waals surface area contributed by atoms with Crippen LogP contribution in [0.3, 0.4) is 0 Å². The van der Waals surface area contributed by atoms with Crippen molar-refractivity contribution in [2.75, 3.05) is 46.4 Å². The van der Waals surface area contributed by atoms with E-state index in [1.807, 2.05) is 38.1 Å². The number of nitrogens with two attached hydrogens (primary N) is 1. The second-order valence-electron chi connectivity index (χ2n) is 16.5. The summed E-state index contributed by atoms with van der Waals surface area (Å²) in [4.78, 5) is 32.9. The number of phenols is 1. The molecule has 4 bridgehead atoms. The van der Waals surface area contributed by atoms with E-state index in [9.17, 15) is 9.90 Å². The van der Waals surface area contributed by atoms with Crippen LogP contribution in [0.1, 0.15) is 75.9 Å². The second-order valence-corrected chi connectivity index (χ2v) is 17.6. The number of ether oxygens (including phenoxy) is 5. The molecule has 4 aromatic rings. The highest BCUT2D eigenvalue weighted by Crippen LogP contribution is 2.65. The number of aromatic hydroxyl groups is 1. The number of likely N-dealkylation sites (N-methyl/N-ethyl adjacent to an activating group) is 1. The summed E-state index contributed by atoms with van der Waals surface area (Å²) in [5.41, 5.74) is 11.1. The number of phenolic OH excluding ortho intramolecular Hbond substituents is 1. The summed E-state index contributed by atoms with van der Waals surface area (Å²) in [6, 6.07) is 8.52. The molecule has 8 aliphatic heterocycles. The SMILES string of the molecule is COc1c(C)cc2c(c1O)C1[C@@H]3[C@@H]4SC[C@]5(N[C@H](CN)Cc6c5oc5ccccc65)C(=O)OC[C@@H](c5c6c(c(C)c(OC(C)=O)c54)OCO6)N3C(C)(C2)CN1C. The highest BCUT2D eigenvalue weighted by atomic mass is 32.2. The molecule has 3 aromatic carbocycles. The van der Waals surface area contributed by atoms with Crippen LogP contribution in [0.25, 0.3) is 11.0 Å². The number of piperazine rings is 1. The molecule has 1 spiro atoms. The van der Waals surface area contributed by atoms with Gasteiger partial charge in [0.25, 0.3) is 0 Å². The van der Waals surface area contributed by atoms with E-state index in [1.165, 1.54) is 6.92 Å². The van der Waals surface area contributed by atoms with E-state index >= 15 is 4.79 Å². The largest absolute Gasteiger partial charge is 0.504 e. The molecule has 8 atom stereocenters. The molecule has 56 heavy (non-hydrogen) atoms. The van der Waals surface area contributed by atoms with Gasteiger partial charge in [0.2, 0.25) is 6.79 Å². The van der Waals surface area contributed by atoms with Gasteiger partial charge in [-0.2, -0.15) is 0 Å². The zero-order chi connectivity index (χ0) is 39.0. The number of esters is 2. The van der Waals surface area contributed by atoms with Crippen molar-refractivity contribution in [3.63, 3.8) is 0 Å². The fraction of sp³-hybridized carbons (Fsp3) is 0.476.